The van der Waals surface area contributed by atoms with Crippen LogP contribution >= 0.6 is 0 Å². The van der Waals surface area contributed by atoms with Crippen molar-refractivity contribution in [3.05, 3.63) is 60.2 Å². The van der Waals surface area contributed by atoms with Crippen molar-refractivity contribution >= 4 is 12.0 Å². The Hall–Kier alpha value is -2.82. The molecule has 1 atom stereocenters. The fourth-order valence-corrected chi connectivity index (χ4v) is 2.15. The fourth-order valence-electron chi connectivity index (χ4n) is 2.15. The third-order valence-electron chi connectivity index (χ3n) is 4.00. The SMILES string of the molecule is CCC(C)c1cccc(OC(=O)N(C)C(=O)COc2ccccc2)c1. The normalized spacial score (nSPS) is 11.5. The Labute approximate surface area is 148 Å². The standard InChI is InChI=1S/C20H23NO4/c1-4-15(2)16-9-8-12-18(13-16)25-20(23)21(3)19(22)14-24-17-10-6-5-7-11-17/h5-13,15H,4,14H2,1-3H3. The lowest BCUT2D eigenvalue weighted by Gasteiger charge is -2.16. The van der Waals surface area contributed by atoms with E-state index in [4.69, 9.17) is 9.47 Å². The molecule has 0 aliphatic rings. The largest absolute Gasteiger partial charge is 0.484 e. The first kappa shape index (κ1) is 18.5. The third kappa shape index (κ3) is 5.35. The number of carbonyl (C=O) groups is 2. The summed E-state index contributed by atoms with van der Waals surface area (Å²) in [6, 6.07) is 16.3. The lowest BCUT2D eigenvalue weighted by atomic mass is 9.99. The molecule has 0 saturated heterocycles. The predicted octanol–water partition coefficient (Wildman–Crippen LogP) is 4.24. The molecule has 0 bridgehead atoms. The molecule has 25 heavy (non-hydrogen) atoms. The van der Waals surface area contributed by atoms with Gasteiger partial charge < -0.3 is 9.47 Å². The highest BCUT2D eigenvalue weighted by molar-refractivity contribution is 5.93. The lowest BCUT2D eigenvalue weighted by molar-refractivity contribution is -0.129. The van der Waals surface area contributed by atoms with Crippen molar-refractivity contribution < 1.29 is 19.1 Å². The molecule has 0 N–H and O–H groups in total. The summed E-state index contributed by atoms with van der Waals surface area (Å²) in [6.07, 6.45) is 0.259. The van der Waals surface area contributed by atoms with E-state index >= 15 is 0 Å². The molecule has 0 aliphatic carbocycles. The van der Waals surface area contributed by atoms with Gasteiger partial charge in [-0.3, -0.25) is 4.79 Å². The van der Waals surface area contributed by atoms with E-state index in [1.54, 1.807) is 18.2 Å². The Morgan fingerprint density at radius 2 is 1.72 bits per heavy atom. The van der Waals surface area contributed by atoms with Gasteiger partial charge in [0, 0.05) is 7.05 Å². The lowest BCUT2D eigenvalue weighted by Crippen LogP contribution is -2.38. The first-order valence-electron chi connectivity index (χ1n) is 8.27. The number of nitrogens with zero attached hydrogens (tertiary/aromatic N) is 1. The Morgan fingerprint density at radius 3 is 2.40 bits per heavy atom. The van der Waals surface area contributed by atoms with Crippen molar-refractivity contribution in [1.82, 2.24) is 4.90 Å². The number of imide groups is 1. The summed E-state index contributed by atoms with van der Waals surface area (Å²) in [6.45, 7) is 3.97. The second-order valence-corrected chi connectivity index (χ2v) is 5.80. The molecule has 0 radical (unpaired) electrons. The van der Waals surface area contributed by atoms with Crippen LogP contribution in [-0.2, 0) is 4.79 Å². The van der Waals surface area contributed by atoms with Crippen LogP contribution in [-0.4, -0.2) is 30.6 Å². The molecule has 0 fully saturated rings. The van der Waals surface area contributed by atoms with Gasteiger partial charge in [-0.25, -0.2) is 9.69 Å². The zero-order chi connectivity index (χ0) is 18.2. The monoisotopic (exact) mass is 341 g/mol. The minimum absolute atomic E-state index is 0.234. The Bertz CT molecular complexity index is 715. The van der Waals surface area contributed by atoms with E-state index in [1.165, 1.54) is 7.05 Å². The maximum atomic E-state index is 12.1. The summed E-state index contributed by atoms with van der Waals surface area (Å²) in [7, 11) is 1.37. The second-order valence-electron chi connectivity index (χ2n) is 5.80. The molecule has 1 unspecified atom stereocenters. The van der Waals surface area contributed by atoms with Crippen molar-refractivity contribution in [3.8, 4) is 11.5 Å². The van der Waals surface area contributed by atoms with E-state index in [-0.39, 0.29) is 6.61 Å². The number of carbonyl (C=O) groups excluding carboxylic acids is 2. The van der Waals surface area contributed by atoms with Crippen LogP contribution in [0.25, 0.3) is 0 Å². The molecule has 0 aromatic heterocycles. The van der Waals surface area contributed by atoms with Crippen LogP contribution in [0, 0.1) is 0 Å². The van der Waals surface area contributed by atoms with Gasteiger partial charge in [-0.15, -0.1) is 0 Å². The first-order valence-corrected chi connectivity index (χ1v) is 8.27. The Morgan fingerprint density at radius 1 is 1.04 bits per heavy atom. The molecule has 2 rings (SSSR count). The fraction of sp³-hybridized carbons (Fsp3) is 0.300. The molecule has 2 aromatic rings. The highest BCUT2D eigenvalue weighted by Crippen LogP contribution is 2.23. The van der Waals surface area contributed by atoms with E-state index in [2.05, 4.69) is 13.8 Å². The molecule has 5 nitrogen and oxygen atoms in total. The number of rotatable bonds is 6. The molecule has 0 saturated carbocycles. The van der Waals surface area contributed by atoms with Crippen LogP contribution in [0.3, 0.4) is 0 Å². The summed E-state index contributed by atoms with van der Waals surface area (Å²) < 4.78 is 10.7. The van der Waals surface area contributed by atoms with Crippen molar-refractivity contribution in [1.29, 1.82) is 0 Å². The topological polar surface area (TPSA) is 55.8 Å². The quantitative estimate of drug-likeness (QED) is 0.789. The minimum atomic E-state index is -0.733. The van der Waals surface area contributed by atoms with Gasteiger partial charge in [0.2, 0.25) is 0 Å². The number of hydrogen-bond acceptors (Lipinski definition) is 4. The van der Waals surface area contributed by atoms with Crippen LogP contribution in [0.1, 0.15) is 31.7 Å². The summed E-state index contributed by atoms with van der Waals surface area (Å²) in [5, 5.41) is 0. The maximum absolute atomic E-state index is 12.1. The highest BCUT2D eigenvalue weighted by atomic mass is 16.6. The summed E-state index contributed by atoms with van der Waals surface area (Å²) in [5.41, 5.74) is 1.09. The minimum Gasteiger partial charge on any atom is -0.484 e. The molecular weight excluding hydrogens is 318 g/mol. The number of para-hydroxylation sites is 1. The van der Waals surface area contributed by atoms with Gasteiger partial charge in [0.25, 0.3) is 5.91 Å². The van der Waals surface area contributed by atoms with Crippen molar-refractivity contribution in [2.24, 2.45) is 0 Å². The van der Waals surface area contributed by atoms with E-state index in [0.29, 0.717) is 17.4 Å². The zero-order valence-corrected chi connectivity index (χ0v) is 14.8. The molecule has 2 aromatic carbocycles. The average molecular weight is 341 g/mol. The summed E-state index contributed by atoms with van der Waals surface area (Å²) in [4.78, 5) is 25.1. The van der Waals surface area contributed by atoms with Gasteiger partial charge in [0.1, 0.15) is 11.5 Å². The second kappa shape index (κ2) is 8.87. The van der Waals surface area contributed by atoms with Gasteiger partial charge in [-0.05, 0) is 42.2 Å². The molecule has 0 spiro atoms. The molecule has 0 heterocycles. The molecule has 0 aliphatic heterocycles. The Kier molecular flexibility index (Phi) is 6.57. The van der Waals surface area contributed by atoms with Crippen molar-refractivity contribution in [2.45, 2.75) is 26.2 Å². The van der Waals surface area contributed by atoms with Crippen LogP contribution in [0.15, 0.2) is 54.6 Å². The van der Waals surface area contributed by atoms with Gasteiger partial charge in [0.05, 0.1) is 0 Å². The van der Waals surface area contributed by atoms with E-state index in [1.807, 2.05) is 36.4 Å². The molecule has 132 valence electrons. The summed E-state index contributed by atoms with van der Waals surface area (Å²) in [5.74, 6) is 0.884. The molecule has 2 amide bonds. The van der Waals surface area contributed by atoms with Crippen LogP contribution in [0.2, 0.25) is 0 Å². The van der Waals surface area contributed by atoms with E-state index < -0.39 is 12.0 Å². The van der Waals surface area contributed by atoms with Gasteiger partial charge >= 0.3 is 6.09 Å². The van der Waals surface area contributed by atoms with Crippen molar-refractivity contribution in [3.63, 3.8) is 0 Å². The molecular formula is C20H23NO4. The average Bonchev–Trinajstić information content (AvgIpc) is 2.65. The number of hydrogen-bond donors (Lipinski definition) is 0. The number of likely N-dealkylation sites (N-methyl/N-ethyl adjacent to an activating group) is 1. The predicted molar refractivity (Wildman–Crippen MR) is 95.9 cm³/mol. The first-order chi connectivity index (χ1) is 12.0. The summed E-state index contributed by atoms with van der Waals surface area (Å²) >= 11 is 0. The highest BCUT2D eigenvalue weighted by Gasteiger charge is 2.19. The van der Waals surface area contributed by atoms with E-state index in [9.17, 15) is 9.59 Å². The number of benzene rings is 2. The van der Waals surface area contributed by atoms with Gasteiger partial charge in [0.15, 0.2) is 6.61 Å². The van der Waals surface area contributed by atoms with Crippen molar-refractivity contribution in [2.75, 3.05) is 13.7 Å². The van der Waals surface area contributed by atoms with Crippen LogP contribution < -0.4 is 9.47 Å². The number of amides is 2. The van der Waals surface area contributed by atoms with E-state index in [0.717, 1.165) is 16.9 Å². The maximum Gasteiger partial charge on any atom is 0.421 e. The van der Waals surface area contributed by atoms with Gasteiger partial charge in [-0.1, -0.05) is 44.2 Å². The smallest absolute Gasteiger partial charge is 0.421 e. The third-order valence-corrected chi connectivity index (χ3v) is 4.00. The molecule has 5 heteroatoms. The number of ether oxygens (including phenoxy) is 2. The van der Waals surface area contributed by atoms with Crippen LogP contribution in [0.5, 0.6) is 11.5 Å². The van der Waals surface area contributed by atoms with Gasteiger partial charge in [-0.2, -0.15) is 0 Å². The van der Waals surface area contributed by atoms with Crippen LogP contribution in [0.4, 0.5) is 4.79 Å². The zero-order valence-electron chi connectivity index (χ0n) is 14.8. The Balaban J connectivity index is 1.92.